The van der Waals surface area contributed by atoms with Crippen molar-refractivity contribution in [2.75, 3.05) is 11.1 Å². The maximum Gasteiger partial charge on any atom is 0.283 e. The Balaban J connectivity index is 2.37. The fraction of sp³-hybridized carbons (Fsp3) is 0.300. The smallest absolute Gasteiger partial charge is 0.283 e. The first-order valence-electron chi connectivity index (χ1n) is 4.31. The van der Waals surface area contributed by atoms with Gasteiger partial charge in [0.2, 0.25) is 0 Å². The van der Waals surface area contributed by atoms with Gasteiger partial charge < -0.3 is 5.32 Å². The van der Waals surface area contributed by atoms with Crippen LogP contribution >= 0.6 is 11.8 Å². The summed E-state index contributed by atoms with van der Waals surface area (Å²) in [5, 5.41) is 2.82. The highest BCUT2D eigenvalue weighted by molar-refractivity contribution is 8.13. The van der Waals surface area contributed by atoms with Gasteiger partial charge in [-0.25, -0.2) is 0 Å². The van der Waals surface area contributed by atoms with Crippen LogP contribution in [0.1, 0.15) is 13.3 Å². The van der Waals surface area contributed by atoms with Crippen LogP contribution in [0.3, 0.4) is 0 Å². The molecule has 0 aliphatic rings. The van der Waals surface area contributed by atoms with E-state index >= 15 is 0 Å². The van der Waals surface area contributed by atoms with Crippen molar-refractivity contribution >= 4 is 22.7 Å². The van der Waals surface area contributed by atoms with Crippen molar-refractivity contribution in [3.05, 3.63) is 30.3 Å². The van der Waals surface area contributed by atoms with Crippen LogP contribution in [0.25, 0.3) is 0 Å². The summed E-state index contributed by atoms with van der Waals surface area (Å²) in [6.45, 7) is 2.06. The summed E-state index contributed by atoms with van der Waals surface area (Å²) in [4.78, 5) is 11.2. The molecular weight excluding hydrogens is 182 g/mol. The third-order valence-corrected chi connectivity index (χ3v) is 2.43. The lowest BCUT2D eigenvalue weighted by Crippen LogP contribution is -2.04. The largest absolute Gasteiger partial charge is 0.317 e. The van der Waals surface area contributed by atoms with Crippen molar-refractivity contribution in [2.45, 2.75) is 13.3 Å². The van der Waals surface area contributed by atoms with Gasteiger partial charge in [0.05, 0.1) is 0 Å². The Morgan fingerprint density at radius 1 is 1.38 bits per heavy atom. The number of benzene rings is 1. The molecule has 3 heteroatoms. The van der Waals surface area contributed by atoms with E-state index in [2.05, 4.69) is 12.2 Å². The second-order valence-electron chi connectivity index (χ2n) is 2.63. The average Bonchev–Trinajstić information content (AvgIpc) is 2.16. The molecule has 0 unspecified atom stereocenters. The minimum Gasteiger partial charge on any atom is -0.317 e. The van der Waals surface area contributed by atoms with Gasteiger partial charge >= 0.3 is 0 Å². The highest BCUT2D eigenvalue weighted by Gasteiger charge is 2.00. The molecule has 0 radical (unpaired) electrons. The minimum atomic E-state index is 0.0213. The molecule has 2 nitrogen and oxygen atoms in total. The number of rotatable bonds is 3. The van der Waals surface area contributed by atoms with Gasteiger partial charge in [0.25, 0.3) is 5.24 Å². The Bertz CT molecular complexity index is 261. The zero-order valence-electron chi connectivity index (χ0n) is 7.62. The lowest BCUT2D eigenvalue weighted by molar-refractivity contribution is 0.270. The molecule has 0 aliphatic carbocycles. The molecule has 0 fully saturated rings. The fourth-order valence-electron chi connectivity index (χ4n) is 0.870. The fourth-order valence-corrected chi connectivity index (χ4v) is 1.45. The number of anilines is 1. The second-order valence-corrected chi connectivity index (χ2v) is 3.69. The van der Waals surface area contributed by atoms with Gasteiger partial charge in [0.1, 0.15) is 0 Å². The number of carbonyl (C=O) groups is 1. The normalized spacial score (nSPS) is 9.62. The maximum absolute atomic E-state index is 11.2. The molecule has 1 N–H and O–H groups in total. The predicted molar refractivity (Wildman–Crippen MR) is 58.2 cm³/mol. The Labute approximate surface area is 82.7 Å². The van der Waals surface area contributed by atoms with Crippen molar-refractivity contribution in [3.63, 3.8) is 0 Å². The van der Waals surface area contributed by atoms with E-state index in [9.17, 15) is 4.79 Å². The average molecular weight is 195 g/mol. The van der Waals surface area contributed by atoms with E-state index in [0.717, 1.165) is 17.9 Å². The molecule has 1 amide bonds. The summed E-state index contributed by atoms with van der Waals surface area (Å²) in [5.74, 6) is 0.874. The van der Waals surface area contributed by atoms with Crippen LogP contribution in [0.2, 0.25) is 0 Å². The zero-order chi connectivity index (χ0) is 9.52. The van der Waals surface area contributed by atoms with Gasteiger partial charge in [-0.3, -0.25) is 4.79 Å². The molecule has 0 saturated heterocycles. The van der Waals surface area contributed by atoms with E-state index in [0.29, 0.717) is 0 Å². The van der Waals surface area contributed by atoms with Crippen LogP contribution in [0, 0.1) is 0 Å². The maximum atomic E-state index is 11.2. The quantitative estimate of drug-likeness (QED) is 0.801. The summed E-state index contributed by atoms with van der Waals surface area (Å²) in [7, 11) is 0. The summed E-state index contributed by atoms with van der Waals surface area (Å²) in [5.41, 5.74) is 0.858. The first-order chi connectivity index (χ1) is 6.33. The SMILES string of the molecule is CCCSC(=O)Nc1ccccc1. The van der Waals surface area contributed by atoms with Crippen LogP contribution in [0.15, 0.2) is 30.3 Å². The van der Waals surface area contributed by atoms with Crippen LogP contribution in [0.4, 0.5) is 10.5 Å². The van der Waals surface area contributed by atoms with E-state index in [1.165, 1.54) is 11.8 Å². The molecule has 0 saturated carbocycles. The first kappa shape index (κ1) is 10.1. The lowest BCUT2D eigenvalue weighted by atomic mass is 10.3. The molecule has 0 aliphatic heterocycles. The van der Waals surface area contributed by atoms with Crippen LogP contribution in [-0.4, -0.2) is 11.0 Å². The third kappa shape index (κ3) is 3.99. The molecule has 0 heterocycles. The van der Waals surface area contributed by atoms with Gasteiger partial charge in [0.15, 0.2) is 0 Å². The Kier molecular flexibility index (Phi) is 4.40. The Hall–Kier alpha value is -0.960. The van der Waals surface area contributed by atoms with E-state index in [1.807, 2.05) is 30.3 Å². The molecular formula is C10H13NOS. The van der Waals surface area contributed by atoms with Gasteiger partial charge in [0, 0.05) is 11.4 Å². The molecule has 70 valence electrons. The number of hydrogen-bond acceptors (Lipinski definition) is 2. The second kappa shape index (κ2) is 5.65. The Morgan fingerprint density at radius 3 is 2.69 bits per heavy atom. The number of hydrogen-bond donors (Lipinski definition) is 1. The van der Waals surface area contributed by atoms with E-state index < -0.39 is 0 Å². The molecule has 0 bridgehead atoms. The van der Waals surface area contributed by atoms with E-state index in [1.54, 1.807) is 0 Å². The summed E-state index contributed by atoms with van der Waals surface area (Å²) >= 11 is 1.32. The van der Waals surface area contributed by atoms with Crippen LogP contribution < -0.4 is 5.32 Å². The highest BCUT2D eigenvalue weighted by atomic mass is 32.2. The van der Waals surface area contributed by atoms with Gasteiger partial charge in [-0.15, -0.1) is 0 Å². The van der Waals surface area contributed by atoms with Crippen LogP contribution in [-0.2, 0) is 0 Å². The molecule has 0 aromatic heterocycles. The minimum absolute atomic E-state index is 0.0213. The molecule has 0 spiro atoms. The number of para-hydroxylation sites is 1. The molecule has 1 aromatic rings. The molecule has 1 aromatic carbocycles. The summed E-state index contributed by atoms with van der Waals surface area (Å²) in [6, 6.07) is 9.49. The topological polar surface area (TPSA) is 29.1 Å². The molecule has 13 heavy (non-hydrogen) atoms. The number of amides is 1. The standard InChI is InChI=1S/C10H13NOS/c1-2-8-13-10(12)11-9-6-4-3-5-7-9/h3-7H,2,8H2,1H3,(H,11,12). The van der Waals surface area contributed by atoms with Gasteiger partial charge in [-0.2, -0.15) is 0 Å². The lowest BCUT2D eigenvalue weighted by Gasteiger charge is -2.02. The predicted octanol–water partition coefficient (Wildman–Crippen LogP) is 3.36. The number of carbonyl (C=O) groups excluding carboxylic acids is 1. The van der Waals surface area contributed by atoms with Gasteiger partial charge in [-0.1, -0.05) is 36.9 Å². The molecule has 0 atom stereocenters. The monoisotopic (exact) mass is 195 g/mol. The van der Waals surface area contributed by atoms with Crippen molar-refractivity contribution in [1.29, 1.82) is 0 Å². The highest BCUT2D eigenvalue weighted by Crippen LogP contribution is 2.11. The Morgan fingerprint density at radius 2 is 2.08 bits per heavy atom. The third-order valence-electron chi connectivity index (χ3n) is 1.46. The van der Waals surface area contributed by atoms with Crippen molar-refractivity contribution in [2.24, 2.45) is 0 Å². The van der Waals surface area contributed by atoms with Crippen LogP contribution in [0.5, 0.6) is 0 Å². The van der Waals surface area contributed by atoms with Crippen molar-refractivity contribution < 1.29 is 4.79 Å². The van der Waals surface area contributed by atoms with Crippen molar-refractivity contribution in [3.8, 4) is 0 Å². The van der Waals surface area contributed by atoms with E-state index in [4.69, 9.17) is 0 Å². The number of nitrogens with one attached hydrogen (secondary N) is 1. The van der Waals surface area contributed by atoms with E-state index in [-0.39, 0.29) is 5.24 Å². The summed E-state index contributed by atoms with van der Waals surface area (Å²) in [6.07, 6.45) is 1.02. The molecule has 1 rings (SSSR count). The number of thioether (sulfide) groups is 1. The van der Waals surface area contributed by atoms with Crippen molar-refractivity contribution in [1.82, 2.24) is 0 Å². The summed E-state index contributed by atoms with van der Waals surface area (Å²) < 4.78 is 0. The first-order valence-corrected chi connectivity index (χ1v) is 5.30. The zero-order valence-corrected chi connectivity index (χ0v) is 8.43. The van der Waals surface area contributed by atoms with Gasteiger partial charge in [-0.05, 0) is 18.6 Å².